The van der Waals surface area contributed by atoms with Crippen LogP contribution >= 0.6 is 0 Å². The molecular formula is C12H15N3O3. The van der Waals surface area contributed by atoms with E-state index in [0.717, 1.165) is 5.56 Å². The van der Waals surface area contributed by atoms with E-state index in [9.17, 15) is 9.59 Å². The second-order valence-corrected chi connectivity index (χ2v) is 4.29. The van der Waals surface area contributed by atoms with Gasteiger partial charge >= 0.3 is 0 Å². The summed E-state index contributed by atoms with van der Waals surface area (Å²) >= 11 is 0. The first-order valence-electron chi connectivity index (χ1n) is 5.66. The van der Waals surface area contributed by atoms with E-state index < -0.39 is 5.91 Å². The van der Waals surface area contributed by atoms with Gasteiger partial charge in [0.25, 0.3) is 0 Å². The Morgan fingerprint density at radius 1 is 1.61 bits per heavy atom. The molecule has 1 aromatic heterocycles. The predicted octanol–water partition coefficient (Wildman–Crippen LogP) is -0.0760. The SMILES string of the molecule is COc1ccc(CN2CC(C(N)=O)CC2=O)cn1. The molecule has 2 rings (SSSR count). The Hall–Kier alpha value is -2.11. The number of pyridine rings is 1. The molecule has 0 radical (unpaired) electrons. The molecule has 1 saturated heterocycles. The van der Waals surface area contributed by atoms with Gasteiger partial charge in [-0.3, -0.25) is 9.59 Å². The maximum atomic E-state index is 11.7. The standard InChI is InChI=1S/C12H15N3O3/c1-18-10-3-2-8(5-14-10)6-15-7-9(12(13)17)4-11(15)16/h2-3,5,9H,4,6-7H2,1H3,(H2,13,17). The third-order valence-corrected chi connectivity index (χ3v) is 3.00. The van der Waals surface area contributed by atoms with Crippen LogP contribution in [0.4, 0.5) is 0 Å². The van der Waals surface area contributed by atoms with E-state index in [0.29, 0.717) is 19.0 Å². The predicted molar refractivity (Wildman–Crippen MR) is 63.5 cm³/mol. The molecule has 96 valence electrons. The molecule has 1 fully saturated rings. The number of likely N-dealkylation sites (tertiary alicyclic amines) is 1. The maximum Gasteiger partial charge on any atom is 0.223 e. The smallest absolute Gasteiger partial charge is 0.223 e. The minimum atomic E-state index is -0.418. The normalized spacial score (nSPS) is 19.1. The second kappa shape index (κ2) is 5.03. The molecule has 1 aliphatic rings. The number of hydrogen-bond acceptors (Lipinski definition) is 4. The molecule has 0 saturated carbocycles. The molecule has 0 aromatic carbocycles. The van der Waals surface area contributed by atoms with Crippen molar-refractivity contribution in [3.63, 3.8) is 0 Å². The molecular weight excluding hydrogens is 234 g/mol. The van der Waals surface area contributed by atoms with Crippen molar-refractivity contribution in [3.8, 4) is 5.88 Å². The summed E-state index contributed by atoms with van der Waals surface area (Å²) in [6.45, 7) is 0.833. The molecule has 1 unspecified atom stereocenters. The monoisotopic (exact) mass is 249 g/mol. The van der Waals surface area contributed by atoms with Crippen LogP contribution in [0.5, 0.6) is 5.88 Å². The molecule has 2 N–H and O–H groups in total. The Morgan fingerprint density at radius 2 is 2.39 bits per heavy atom. The fourth-order valence-electron chi connectivity index (χ4n) is 1.96. The Morgan fingerprint density at radius 3 is 2.89 bits per heavy atom. The molecule has 0 spiro atoms. The van der Waals surface area contributed by atoms with Crippen molar-refractivity contribution in [2.45, 2.75) is 13.0 Å². The lowest BCUT2D eigenvalue weighted by Gasteiger charge is -2.15. The first-order valence-corrected chi connectivity index (χ1v) is 5.66. The van der Waals surface area contributed by atoms with Crippen molar-refractivity contribution in [2.24, 2.45) is 11.7 Å². The van der Waals surface area contributed by atoms with Crippen molar-refractivity contribution in [2.75, 3.05) is 13.7 Å². The zero-order valence-corrected chi connectivity index (χ0v) is 10.1. The molecule has 1 aliphatic heterocycles. The van der Waals surface area contributed by atoms with Crippen LogP contribution < -0.4 is 10.5 Å². The highest BCUT2D eigenvalue weighted by molar-refractivity contribution is 5.88. The number of nitrogens with zero attached hydrogens (tertiary/aromatic N) is 2. The van der Waals surface area contributed by atoms with E-state index in [4.69, 9.17) is 10.5 Å². The van der Waals surface area contributed by atoms with Crippen LogP contribution in [0.15, 0.2) is 18.3 Å². The van der Waals surface area contributed by atoms with Crippen LogP contribution in [0.3, 0.4) is 0 Å². The van der Waals surface area contributed by atoms with Gasteiger partial charge in [-0.2, -0.15) is 0 Å². The van der Waals surface area contributed by atoms with Crippen molar-refractivity contribution in [1.29, 1.82) is 0 Å². The summed E-state index contributed by atoms with van der Waals surface area (Å²) in [5.74, 6) is -0.307. The van der Waals surface area contributed by atoms with E-state index in [1.54, 1.807) is 24.3 Å². The highest BCUT2D eigenvalue weighted by atomic mass is 16.5. The lowest BCUT2D eigenvalue weighted by Crippen LogP contribution is -2.28. The molecule has 6 nitrogen and oxygen atoms in total. The third kappa shape index (κ3) is 2.58. The van der Waals surface area contributed by atoms with Gasteiger partial charge in [-0.15, -0.1) is 0 Å². The van der Waals surface area contributed by atoms with Gasteiger partial charge in [0, 0.05) is 31.8 Å². The largest absolute Gasteiger partial charge is 0.481 e. The van der Waals surface area contributed by atoms with Crippen LogP contribution in [0.1, 0.15) is 12.0 Å². The van der Waals surface area contributed by atoms with E-state index in [-0.39, 0.29) is 18.2 Å². The molecule has 2 heterocycles. The van der Waals surface area contributed by atoms with Crippen LogP contribution in [-0.4, -0.2) is 35.4 Å². The zero-order valence-electron chi connectivity index (χ0n) is 10.1. The lowest BCUT2D eigenvalue weighted by atomic mass is 10.1. The Labute approximate surface area is 105 Å². The van der Waals surface area contributed by atoms with E-state index in [1.807, 2.05) is 6.07 Å². The van der Waals surface area contributed by atoms with Gasteiger partial charge in [-0.1, -0.05) is 6.07 Å². The van der Waals surface area contributed by atoms with Crippen LogP contribution in [0, 0.1) is 5.92 Å². The summed E-state index contributed by atoms with van der Waals surface area (Å²) in [7, 11) is 1.55. The quantitative estimate of drug-likeness (QED) is 0.809. The molecule has 1 aromatic rings. The molecule has 0 aliphatic carbocycles. The van der Waals surface area contributed by atoms with E-state index in [2.05, 4.69) is 4.98 Å². The Kier molecular flexibility index (Phi) is 3.45. The van der Waals surface area contributed by atoms with Crippen molar-refractivity contribution < 1.29 is 14.3 Å². The lowest BCUT2D eigenvalue weighted by molar-refractivity contribution is -0.128. The molecule has 6 heteroatoms. The maximum absolute atomic E-state index is 11.7. The summed E-state index contributed by atoms with van der Waals surface area (Å²) in [5.41, 5.74) is 6.10. The number of aromatic nitrogens is 1. The number of nitrogens with two attached hydrogens (primary N) is 1. The minimum absolute atomic E-state index is 0.0466. The van der Waals surface area contributed by atoms with Crippen molar-refractivity contribution >= 4 is 11.8 Å². The Bertz CT molecular complexity index is 458. The number of methoxy groups -OCH3 is 1. The topological polar surface area (TPSA) is 85.5 Å². The number of amides is 2. The summed E-state index contributed by atoms with van der Waals surface area (Å²) in [5, 5.41) is 0. The van der Waals surface area contributed by atoms with Crippen molar-refractivity contribution in [1.82, 2.24) is 9.88 Å². The van der Waals surface area contributed by atoms with Gasteiger partial charge in [0.15, 0.2) is 0 Å². The number of carbonyl (C=O) groups is 2. The average molecular weight is 249 g/mol. The first-order chi connectivity index (χ1) is 8.60. The fourth-order valence-corrected chi connectivity index (χ4v) is 1.96. The highest BCUT2D eigenvalue weighted by Gasteiger charge is 2.32. The minimum Gasteiger partial charge on any atom is -0.481 e. The van der Waals surface area contributed by atoms with E-state index >= 15 is 0 Å². The number of primary amides is 1. The van der Waals surface area contributed by atoms with E-state index in [1.165, 1.54) is 0 Å². The molecule has 1 atom stereocenters. The summed E-state index contributed by atoms with van der Waals surface area (Å²) < 4.78 is 4.96. The summed E-state index contributed by atoms with van der Waals surface area (Å²) in [4.78, 5) is 28.4. The highest BCUT2D eigenvalue weighted by Crippen LogP contribution is 2.20. The van der Waals surface area contributed by atoms with Gasteiger partial charge in [-0.25, -0.2) is 4.98 Å². The summed E-state index contributed by atoms with van der Waals surface area (Å²) in [6, 6.07) is 3.58. The number of ether oxygens (including phenoxy) is 1. The second-order valence-electron chi connectivity index (χ2n) is 4.29. The third-order valence-electron chi connectivity index (χ3n) is 3.00. The van der Waals surface area contributed by atoms with Crippen LogP contribution in [0.2, 0.25) is 0 Å². The average Bonchev–Trinajstić information content (AvgIpc) is 2.72. The van der Waals surface area contributed by atoms with Crippen LogP contribution in [-0.2, 0) is 16.1 Å². The van der Waals surface area contributed by atoms with Gasteiger partial charge in [-0.05, 0) is 5.56 Å². The Balaban J connectivity index is 2.01. The zero-order chi connectivity index (χ0) is 13.1. The fraction of sp³-hybridized carbons (Fsp3) is 0.417. The van der Waals surface area contributed by atoms with Gasteiger partial charge in [0.2, 0.25) is 17.7 Å². The molecule has 18 heavy (non-hydrogen) atoms. The van der Waals surface area contributed by atoms with Gasteiger partial charge in [0.05, 0.1) is 13.0 Å². The number of carbonyl (C=O) groups excluding carboxylic acids is 2. The van der Waals surface area contributed by atoms with Gasteiger partial charge < -0.3 is 15.4 Å². The van der Waals surface area contributed by atoms with Crippen molar-refractivity contribution in [3.05, 3.63) is 23.9 Å². The molecule has 0 bridgehead atoms. The summed E-state index contributed by atoms with van der Waals surface area (Å²) in [6.07, 6.45) is 1.86. The van der Waals surface area contributed by atoms with Crippen LogP contribution in [0.25, 0.3) is 0 Å². The number of rotatable bonds is 4. The number of hydrogen-bond donors (Lipinski definition) is 1. The first kappa shape index (κ1) is 12.3. The molecule has 2 amide bonds. The van der Waals surface area contributed by atoms with Gasteiger partial charge in [0.1, 0.15) is 0 Å².